The summed E-state index contributed by atoms with van der Waals surface area (Å²) in [7, 11) is 0. The first-order valence-electron chi connectivity index (χ1n) is 10.6. The highest BCUT2D eigenvalue weighted by Gasteiger charge is 2.08. The average molecular weight is 445 g/mol. The van der Waals surface area contributed by atoms with Gasteiger partial charge in [0.1, 0.15) is 0 Å². The van der Waals surface area contributed by atoms with E-state index in [1.54, 1.807) is 12.1 Å². The van der Waals surface area contributed by atoms with Crippen LogP contribution in [-0.2, 0) is 4.79 Å². The maximum Gasteiger partial charge on any atom is 0.248 e. The van der Waals surface area contributed by atoms with E-state index in [0.717, 1.165) is 28.2 Å². The topological polar surface area (TPSA) is 162 Å². The number of nitrogen functional groups attached to an aromatic ring is 2. The maximum atomic E-state index is 11.2. The van der Waals surface area contributed by atoms with Crippen molar-refractivity contribution in [3.63, 3.8) is 0 Å². The predicted molar refractivity (Wildman–Crippen MR) is 139 cm³/mol. The molecule has 2 amide bonds. The summed E-state index contributed by atoms with van der Waals surface area (Å²) in [6.45, 7) is 13.2. The molecule has 32 heavy (non-hydrogen) atoms. The Bertz CT molecular complexity index is 827. The van der Waals surface area contributed by atoms with E-state index in [2.05, 4.69) is 16.4 Å². The lowest BCUT2D eigenvalue weighted by Gasteiger charge is -2.12. The molecule has 0 heterocycles. The van der Waals surface area contributed by atoms with Crippen molar-refractivity contribution in [2.24, 2.45) is 11.5 Å². The standard InChI is InChI=1S/C19H25N5O.2C2H6.CH3NO/c1-12-5-6-17(15(20)9-12)23-7-3-4-8-24-18-13(2)10-14(19(22)25)11-16(18)21;2*1-2;2-1-3/h3-6,9-11,23-24H,7-8,20-21H2,1-2H3,(H2,22,25);2*1-2H3;1H,(H2,2,3)/b4-3+;;;. The third kappa shape index (κ3) is 11.5. The van der Waals surface area contributed by atoms with Crippen LogP contribution in [0.4, 0.5) is 22.7 Å². The van der Waals surface area contributed by atoms with Crippen LogP contribution in [0.2, 0.25) is 0 Å². The number of amides is 2. The Balaban J connectivity index is 0. The number of carbonyl (C=O) groups is 2. The summed E-state index contributed by atoms with van der Waals surface area (Å²) in [5.74, 6) is -0.484. The first-order valence-corrected chi connectivity index (χ1v) is 10.6. The largest absolute Gasteiger partial charge is 0.397 e. The van der Waals surface area contributed by atoms with Crippen LogP contribution in [0, 0.1) is 13.8 Å². The number of hydrogen-bond acceptors (Lipinski definition) is 6. The molecule has 0 bridgehead atoms. The van der Waals surface area contributed by atoms with Gasteiger partial charge in [0.2, 0.25) is 12.3 Å². The molecule has 0 radical (unpaired) electrons. The van der Waals surface area contributed by atoms with Gasteiger partial charge in [0, 0.05) is 18.7 Å². The van der Waals surface area contributed by atoms with E-state index in [0.29, 0.717) is 24.3 Å². The normalized spacial score (nSPS) is 9.19. The van der Waals surface area contributed by atoms with Crippen LogP contribution in [0.15, 0.2) is 42.5 Å². The molecular weight excluding hydrogens is 404 g/mol. The maximum absolute atomic E-state index is 11.2. The molecule has 10 N–H and O–H groups in total. The number of rotatable bonds is 7. The third-order valence-electron chi connectivity index (χ3n) is 3.83. The number of nitrogens with one attached hydrogen (secondary N) is 2. The molecule has 0 aliphatic heterocycles. The van der Waals surface area contributed by atoms with Crippen molar-refractivity contribution >= 4 is 35.1 Å². The molecule has 0 fully saturated rings. The highest BCUT2D eigenvalue weighted by atomic mass is 16.1. The minimum Gasteiger partial charge on any atom is -0.397 e. The van der Waals surface area contributed by atoms with Crippen molar-refractivity contribution in [3.05, 3.63) is 59.2 Å². The van der Waals surface area contributed by atoms with Crippen LogP contribution in [0.3, 0.4) is 0 Å². The molecule has 0 unspecified atom stereocenters. The fraction of sp³-hybridized carbons (Fsp3) is 0.333. The summed E-state index contributed by atoms with van der Waals surface area (Å²) in [6.07, 6.45) is 4.26. The summed E-state index contributed by atoms with van der Waals surface area (Å²) in [4.78, 5) is 19.8. The molecule has 0 aliphatic carbocycles. The molecular formula is C24H40N6O2. The van der Waals surface area contributed by atoms with Gasteiger partial charge in [-0.15, -0.1) is 0 Å². The van der Waals surface area contributed by atoms with Gasteiger partial charge in [-0.05, 0) is 49.2 Å². The smallest absolute Gasteiger partial charge is 0.248 e. The summed E-state index contributed by atoms with van der Waals surface area (Å²) >= 11 is 0. The van der Waals surface area contributed by atoms with E-state index in [9.17, 15) is 4.79 Å². The van der Waals surface area contributed by atoms with E-state index < -0.39 is 5.91 Å². The second kappa shape index (κ2) is 18.1. The zero-order valence-electron chi connectivity index (χ0n) is 20.2. The van der Waals surface area contributed by atoms with E-state index >= 15 is 0 Å². The Hall–Kier alpha value is -3.68. The minimum absolute atomic E-state index is 0.250. The van der Waals surface area contributed by atoms with Gasteiger partial charge in [-0.2, -0.15) is 0 Å². The molecule has 0 aliphatic rings. The van der Waals surface area contributed by atoms with Gasteiger partial charge in [0.05, 0.1) is 22.7 Å². The van der Waals surface area contributed by atoms with Crippen LogP contribution in [0.25, 0.3) is 0 Å². The van der Waals surface area contributed by atoms with Gasteiger partial charge in [0.25, 0.3) is 0 Å². The summed E-state index contributed by atoms with van der Waals surface area (Å²) in [6, 6.07) is 9.25. The summed E-state index contributed by atoms with van der Waals surface area (Å²) in [5, 5.41) is 6.51. The molecule has 0 aromatic heterocycles. The minimum atomic E-state index is -0.484. The lowest BCUT2D eigenvalue weighted by Crippen LogP contribution is -2.13. The van der Waals surface area contributed by atoms with Gasteiger partial charge in [-0.25, -0.2) is 0 Å². The highest BCUT2D eigenvalue weighted by molar-refractivity contribution is 5.95. The van der Waals surface area contributed by atoms with Crippen molar-refractivity contribution < 1.29 is 9.59 Å². The lowest BCUT2D eigenvalue weighted by molar-refractivity contribution is -0.106. The Morgan fingerprint density at radius 1 is 0.906 bits per heavy atom. The molecule has 2 aromatic rings. The van der Waals surface area contributed by atoms with Gasteiger partial charge < -0.3 is 33.6 Å². The first kappa shape index (κ1) is 30.5. The number of primary amides is 2. The molecule has 8 heteroatoms. The zero-order chi connectivity index (χ0) is 25.1. The molecule has 8 nitrogen and oxygen atoms in total. The van der Waals surface area contributed by atoms with E-state index in [1.807, 2.05) is 71.9 Å². The molecule has 178 valence electrons. The SMILES string of the molecule is CC.CC.Cc1ccc(NC/C=C/CNc2c(C)cc(C(N)=O)cc2N)c(N)c1.NC=O. The molecule has 2 aromatic carbocycles. The van der Waals surface area contributed by atoms with Crippen molar-refractivity contribution in [2.75, 3.05) is 35.2 Å². The van der Waals surface area contributed by atoms with Crippen LogP contribution in [-0.4, -0.2) is 25.4 Å². The first-order chi connectivity index (χ1) is 15.3. The number of nitrogens with two attached hydrogens (primary N) is 4. The predicted octanol–water partition coefficient (Wildman–Crippen LogP) is 3.80. The third-order valence-corrected chi connectivity index (χ3v) is 3.83. The molecule has 0 saturated carbocycles. The Kier molecular flexibility index (Phi) is 17.3. The molecule has 0 spiro atoms. The fourth-order valence-corrected chi connectivity index (χ4v) is 2.54. The number of carbonyl (C=O) groups excluding carboxylic acids is 2. The number of aryl methyl sites for hydroxylation is 2. The van der Waals surface area contributed by atoms with E-state index in [1.165, 1.54) is 0 Å². The number of benzene rings is 2. The second-order valence-corrected chi connectivity index (χ2v) is 6.08. The van der Waals surface area contributed by atoms with Crippen LogP contribution in [0.1, 0.15) is 49.2 Å². The Labute approximate surface area is 192 Å². The van der Waals surface area contributed by atoms with Crippen LogP contribution >= 0.6 is 0 Å². The quantitative estimate of drug-likeness (QED) is 0.216. The van der Waals surface area contributed by atoms with Crippen molar-refractivity contribution in [1.29, 1.82) is 0 Å². The fourth-order valence-electron chi connectivity index (χ4n) is 2.54. The molecule has 0 saturated heterocycles. The lowest BCUT2D eigenvalue weighted by atomic mass is 10.1. The average Bonchev–Trinajstić information content (AvgIpc) is 2.76. The summed E-state index contributed by atoms with van der Waals surface area (Å²) < 4.78 is 0. The molecule has 0 atom stereocenters. The van der Waals surface area contributed by atoms with Crippen molar-refractivity contribution in [1.82, 2.24) is 0 Å². The number of hydrogen-bond donors (Lipinski definition) is 6. The van der Waals surface area contributed by atoms with Crippen molar-refractivity contribution in [2.45, 2.75) is 41.5 Å². The number of anilines is 4. The van der Waals surface area contributed by atoms with E-state index in [-0.39, 0.29) is 6.41 Å². The summed E-state index contributed by atoms with van der Waals surface area (Å²) in [5.41, 5.74) is 26.8. The van der Waals surface area contributed by atoms with Gasteiger partial charge >= 0.3 is 0 Å². The van der Waals surface area contributed by atoms with Gasteiger partial charge in [-0.1, -0.05) is 45.9 Å². The zero-order valence-corrected chi connectivity index (χ0v) is 20.2. The Morgan fingerprint density at radius 2 is 1.44 bits per heavy atom. The van der Waals surface area contributed by atoms with Crippen LogP contribution < -0.4 is 33.6 Å². The second-order valence-electron chi connectivity index (χ2n) is 6.08. The van der Waals surface area contributed by atoms with Crippen LogP contribution in [0.5, 0.6) is 0 Å². The monoisotopic (exact) mass is 444 g/mol. The Morgan fingerprint density at radius 3 is 1.91 bits per heavy atom. The van der Waals surface area contributed by atoms with Gasteiger partial charge in [-0.3, -0.25) is 9.59 Å². The van der Waals surface area contributed by atoms with E-state index in [4.69, 9.17) is 22.0 Å². The molecule has 2 rings (SSSR count). The van der Waals surface area contributed by atoms with Crippen molar-refractivity contribution in [3.8, 4) is 0 Å². The van der Waals surface area contributed by atoms with Gasteiger partial charge in [0.15, 0.2) is 0 Å². The highest BCUT2D eigenvalue weighted by Crippen LogP contribution is 2.25.